The zero-order chi connectivity index (χ0) is 18.8. The van der Waals surface area contributed by atoms with Gasteiger partial charge in [0.1, 0.15) is 0 Å². The van der Waals surface area contributed by atoms with E-state index < -0.39 is 0 Å². The van der Waals surface area contributed by atoms with Gasteiger partial charge in [0.2, 0.25) is 5.91 Å². The number of halogens is 1. The molecule has 2 aromatic carbocycles. The third-order valence-electron chi connectivity index (χ3n) is 5.25. The van der Waals surface area contributed by atoms with Crippen LogP contribution in [0.5, 0.6) is 0 Å². The number of amides is 1. The van der Waals surface area contributed by atoms with Gasteiger partial charge >= 0.3 is 0 Å². The predicted molar refractivity (Wildman–Crippen MR) is 116 cm³/mol. The van der Waals surface area contributed by atoms with Crippen LogP contribution in [0.3, 0.4) is 0 Å². The molecule has 0 atom stereocenters. The van der Waals surface area contributed by atoms with Gasteiger partial charge in [0, 0.05) is 11.3 Å². The molecular weight excluding hydrogens is 368 g/mol. The van der Waals surface area contributed by atoms with Crippen LogP contribution in [0.4, 0.5) is 0 Å². The lowest BCUT2D eigenvalue weighted by atomic mass is 9.96. The van der Waals surface area contributed by atoms with E-state index in [0.29, 0.717) is 6.42 Å². The highest BCUT2D eigenvalue weighted by atomic mass is 35.5. The van der Waals surface area contributed by atoms with E-state index in [2.05, 4.69) is 49.4 Å². The van der Waals surface area contributed by atoms with Crippen LogP contribution in [0.1, 0.15) is 39.9 Å². The minimum absolute atomic E-state index is 0. The summed E-state index contributed by atoms with van der Waals surface area (Å²) >= 11 is 0. The average molecular weight is 393 g/mol. The molecule has 0 spiro atoms. The molecule has 144 valence electrons. The van der Waals surface area contributed by atoms with E-state index >= 15 is 0 Å². The topological polar surface area (TPSA) is 56.0 Å². The van der Waals surface area contributed by atoms with E-state index in [1.807, 2.05) is 12.1 Å². The molecule has 0 bridgehead atoms. The van der Waals surface area contributed by atoms with E-state index in [1.54, 1.807) is 0 Å². The van der Waals surface area contributed by atoms with Gasteiger partial charge in [-0.05, 0) is 67.0 Å². The monoisotopic (exact) mass is 392 g/mol. The van der Waals surface area contributed by atoms with Gasteiger partial charge in [-0.15, -0.1) is 12.4 Å². The molecule has 0 fully saturated rings. The number of carbonyl (C=O) groups is 1. The predicted octanol–water partition coefficient (Wildman–Crippen LogP) is 4.59. The maximum atomic E-state index is 11.1. The summed E-state index contributed by atoms with van der Waals surface area (Å²) in [5.74, 6) is -0.294. The number of benzene rings is 2. The number of fused-ring (bicyclic) bond motifs is 1. The minimum atomic E-state index is -0.294. The van der Waals surface area contributed by atoms with Gasteiger partial charge in [0.25, 0.3) is 0 Å². The second-order valence-corrected chi connectivity index (χ2v) is 7.45. The van der Waals surface area contributed by atoms with E-state index in [0.717, 1.165) is 30.5 Å². The van der Waals surface area contributed by atoms with E-state index in [1.165, 1.54) is 39.9 Å². The molecule has 0 saturated carbocycles. The molecule has 4 rings (SSSR count). The quantitative estimate of drug-likeness (QED) is 0.690. The molecule has 3 aromatic rings. The van der Waals surface area contributed by atoms with Gasteiger partial charge in [0.05, 0.1) is 12.1 Å². The molecule has 2 N–H and O–H groups in total. The smallest absolute Gasteiger partial charge is 0.221 e. The minimum Gasteiger partial charge on any atom is -0.369 e. The number of aromatic nitrogens is 1. The maximum absolute atomic E-state index is 11.1. The second-order valence-electron chi connectivity index (χ2n) is 7.45. The van der Waals surface area contributed by atoms with Gasteiger partial charge in [-0.1, -0.05) is 48.0 Å². The lowest BCUT2D eigenvalue weighted by Crippen LogP contribution is -2.13. The summed E-state index contributed by atoms with van der Waals surface area (Å²) in [5.41, 5.74) is 15.1. The maximum Gasteiger partial charge on any atom is 0.221 e. The van der Waals surface area contributed by atoms with Crippen LogP contribution in [0.2, 0.25) is 0 Å². The summed E-state index contributed by atoms with van der Waals surface area (Å²) in [4.78, 5) is 16.0. The first kappa shape index (κ1) is 20.1. The first-order chi connectivity index (χ1) is 13.1. The Morgan fingerprint density at radius 2 is 1.79 bits per heavy atom. The lowest BCUT2D eigenvalue weighted by molar-refractivity contribution is -0.117. The van der Waals surface area contributed by atoms with Crippen LogP contribution < -0.4 is 5.73 Å². The molecule has 1 heterocycles. The number of pyridine rings is 1. The fourth-order valence-corrected chi connectivity index (χ4v) is 3.93. The molecular formula is C24H25ClN2O. The van der Waals surface area contributed by atoms with Crippen molar-refractivity contribution in [1.29, 1.82) is 0 Å². The zero-order valence-electron chi connectivity index (χ0n) is 16.1. The van der Waals surface area contributed by atoms with Crippen molar-refractivity contribution in [2.75, 3.05) is 0 Å². The summed E-state index contributed by atoms with van der Waals surface area (Å²) in [6.45, 7) is 2.12. The third-order valence-corrected chi connectivity index (χ3v) is 5.25. The summed E-state index contributed by atoms with van der Waals surface area (Å²) in [7, 11) is 0. The molecule has 1 aliphatic rings. The molecule has 1 aliphatic carbocycles. The molecule has 28 heavy (non-hydrogen) atoms. The van der Waals surface area contributed by atoms with Gasteiger partial charge in [-0.25, -0.2) is 0 Å². The molecule has 3 nitrogen and oxygen atoms in total. The Hall–Kier alpha value is -2.65. The standard InChI is InChI=1S/C24H24N2O.ClH/c1-16-4-2-5-19(12-16)23-15-20(21-6-3-7-22(21)26-23)13-17-8-10-18(11-9-17)14-24(25)27;/h2,4-5,8-12,15H,3,6-7,13-14H2,1H3,(H2,25,27);1H. The number of aryl methyl sites for hydroxylation is 2. The van der Waals surface area contributed by atoms with Crippen molar-refractivity contribution in [3.8, 4) is 11.3 Å². The lowest BCUT2D eigenvalue weighted by Gasteiger charge is -2.12. The highest BCUT2D eigenvalue weighted by Crippen LogP contribution is 2.30. The van der Waals surface area contributed by atoms with Crippen molar-refractivity contribution in [2.45, 2.75) is 39.0 Å². The Balaban J connectivity index is 0.00000225. The Kier molecular flexibility index (Phi) is 6.15. The van der Waals surface area contributed by atoms with E-state index in [9.17, 15) is 4.79 Å². The van der Waals surface area contributed by atoms with Crippen LogP contribution in [0, 0.1) is 6.92 Å². The molecule has 1 amide bonds. The molecule has 4 heteroatoms. The van der Waals surface area contributed by atoms with Crippen LogP contribution in [-0.4, -0.2) is 10.9 Å². The number of hydrogen-bond donors (Lipinski definition) is 1. The largest absolute Gasteiger partial charge is 0.369 e. The third kappa shape index (κ3) is 4.42. The van der Waals surface area contributed by atoms with Gasteiger partial charge in [0.15, 0.2) is 0 Å². The molecule has 0 saturated heterocycles. The van der Waals surface area contributed by atoms with Crippen molar-refractivity contribution >= 4 is 18.3 Å². The zero-order valence-corrected chi connectivity index (χ0v) is 16.9. The van der Waals surface area contributed by atoms with Gasteiger partial charge in [-0.2, -0.15) is 0 Å². The van der Waals surface area contributed by atoms with Crippen molar-refractivity contribution in [2.24, 2.45) is 5.73 Å². The molecule has 1 aromatic heterocycles. The van der Waals surface area contributed by atoms with E-state index in [-0.39, 0.29) is 18.3 Å². The molecule has 0 unspecified atom stereocenters. The molecule has 0 radical (unpaired) electrons. The van der Waals surface area contributed by atoms with Gasteiger partial charge < -0.3 is 5.73 Å². The number of nitrogens with two attached hydrogens (primary N) is 1. The van der Waals surface area contributed by atoms with Gasteiger partial charge in [-0.3, -0.25) is 9.78 Å². The first-order valence-corrected chi connectivity index (χ1v) is 9.53. The number of nitrogens with zero attached hydrogens (tertiary/aromatic N) is 1. The number of rotatable bonds is 5. The van der Waals surface area contributed by atoms with Crippen molar-refractivity contribution < 1.29 is 4.79 Å². The summed E-state index contributed by atoms with van der Waals surface area (Å²) in [5, 5.41) is 0. The number of hydrogen-bond acceptors (Lipinski definition) is 2. The van der Waals surface area contributed by atoms with Crippen LogP contribution in [-0.2, 0) is 30.5 Å². The van der Waals surface area contributed by atoms with Crippen LogP contribution >= 0.6 is 12.4 Å². The fraction of sp³-hybridized carbons (Fsp3) is 0.250. The summed E-state index contributed by atoms with van der Waals surface area (Å²) in [6, 6.07) is 19.0. The Bertz CT molecular complexity index is 996. The van der Waals surface area contributed by atoms with Crippen LogP contribution in [0.15, 0.2) is 54.6 Å². The van der Waals surface area contributed by atoms with Crippen LogP contribution in [0.25, 0.3) is 11.3 Å². The molecule has 0 aliphatic heterocycles. The normalized spacial score (nSPS) is 12.3. The fourth-order valence-electron chi connectivity index (χ4n) is 3.93. The van der Waals surface area contributed by atoms with Crippen molar-refractivity contribution in [3.05, 3.63) is 88.1 Å². The summed E-state index contributed by atoms with van der Waals surface area (Å²) < 4.78 is 0. The summed E-state index contributed by atoms with van der Waals surface area (Å²) in [6.07, 6.45) is 4.55. The van der Waals surface area contributed by atoms with Crippen molar-refractivity contribution in [1.82, 2.24) is 4.98 Å². The highest BCUT2D eigenvalue weighted by molar-refractivity contribution is 5.85. The Morgan fingerprint density at radius 3 is 2.50 bits per heavy atom. The van der Waals surface area contributed by atoms with E-state index in [4.69, 9.17) is 10.7 Å². The number of primary amides is 1. The second kappa shape index (κ2) is 8.57. The Morgan fingerprint density at radius 1 is 1.04 bits per heavy atom. The number of carbonyl (C=O) groups excluding carboxylic acids is 1. The SMILES string of the molecule is Cc1cccc(-c2cc(Cc3ccc(CC(N)=O)cc3)c3c(n2)CCC3)c1.Cl. The highest BCUT2D eigenvalue weighted by Gasteiger charge is 2.18. The first-order valence-electron chi connectivity index (χ1n) is 9.53. The average Bonchev–Trinajstić information content (AvgIpc) is 3.12. The van der Waals surface area contributed by atoms with Crippen molar-refractivity contribution in [3.63, 3.8) is 0 Å². The Labute approximate surface area is 172 Å².